The molecule has 0 aliphatic heterocycles. The Kier molecular flexibility index (Phi) is 6.16. The van der Waals surface area contributed by atoms with E-state index in [0.29, 0.717) is 0 Å². The van der Waals surface area contributed by atoms with Crippen LogP contribution in [0.4, 0.5) is 0 Å². The van der Waals surface area contributed by atoms with Crippen LogP contribution in [0.2, 0.25) is 0 Å². The first kappa shape index (κ1) is 16.7. The van der Waals surface area contributed by atoms with Crippen molar-refractivity contribution in [2.45, 2.75) is 38.1 Å². The maximum absolute atomic E-state index is 12.4. The Balaban J connectivity index is 2.83. The zero-order chi connectivity index (χ0) is 15.2. The Hall–Kier alpha value is -1.40. The van der Waals surface area contributed by atoms with E-state index in [0.717, 1.165) is 6.42 Å². The topological polar surface area (TPSA) is 66.5 Å². The number of carbonyl (C=O) groups is 1. The van der Waals surface area contributed by atoms with Crippen molar-refractivity contribution in [1.82, 2.24) is 9.62 Å². The summed E-state index contributed by atoms with van der Waals surface area (Å²) in [7, 11) is -3.62. The molecule has 0 heterocycles. The lowest BCUT2D eigenvalue weighted by Crippen LogP contribution is -2.43. The van der Waals surface area contributed by atoms with E-state index in [-0.39, 0.29) is 29.9 Å². The Labute approximate surface area is 121 Å². The molecule has 1 aromatic carbocycles. The fourth-order valence-electron chi connectivity index (χ4n) is 1.69. The van der Waals surface area contributed by atoms with Gasteiger partial charge in [0.05, 0.1) is 11.4 Å². The molecule has 5 nitrogen and oxygen atoms in total. The van der Waals surface area contributed by atoms with Crippen molar-refractivity contribution in [3.05, 3.63) is 30.3 Å². The van der Waals surface area contributed by atoms with Crippen LogP contribution in [0.3, 0.4) is 0 Å². The first-order valence-corrected chi connectivity index (χ1v) is 8.20. The van der Waals surface area contributed by atoms with Gasteiger partial charge in [0.25, 0.3) is 0 Å². The van der Waals surface area contributed by atoms with Crippen LogP contribution in [-0.4, -0.2) is 37.8 Å². The van der Waals surface area contributed by atoms with E-state index in [1.807, 2.05) is 13.8 Å². The summed E-state index contributed by atoms with van der Waals surface area (Å²) in [6.07, 6.45) is 0.809. The summed E-state index contributed by atoms with van der Waals surface area (Å²) >= 11 is 0. The zero-order valence-corrected chi connectivity index (χ0v) is 13.0. The van der Waals surface area contributed by atoms with Crippen LogP contribution >= 0.6 is 0 Å². The first-order chi connectivity index (χ1) is 9.41. The average molecular weight is 298 g/mol. The Morgan fingerprint density at radius 2 is 1.85 bits per heavy atom. The molecule has 0 fully saturated rings. The van der Waals surface area contributed by atoms with Crippen molar-refractivity contribution in [3.63, 3.8) is 0 Å². The van der Waals surface area contributed by atoms with Gasteiger partial charge in [-0.2, -0.15) is 4.31 Å². The molecule has 1 rings (SSSR count). The molecule has 0 spiro atoms. The lowest BCUT2D eigenvalue weighted by Gasteiger charge is -2.21. The van der Waals surface area contributed by atoms with Crippen molar-refractivity contribution in [2.24, 2.45) is 0 Å². The molecule has 1 atom stereocenters. The zero-order valence-electron chi connectivity index (χ0n) is 12.2. The lowest BCUT2D eigenvalue weighted by atomic mass is 10.2. The second-order valence-corrected chi connectivity index (χ2v) is 6.56. The Morgan fingerprint density at radius 3 is 2.35 bits per heavy atom. The molecule has 1 aromatic rings. The third-order valence-corrected chi connectivity index (χ3v) is 5.01. The van der Waals surface area contributed by atoms with Crippen LogP contribution in [0.25, 0.3) is 0 Å². The van der Waals surface area contributed by atoms with E-state index in [2.05, 4.69) is 5.32 Å². The number of hydrogen-bond acceptors (Lipinski definition) is 3. The summed E-state index contributed by atoms with van der Waals surface area (Å²) in [5.74, 6) is -0.277. The van der Waals surface area contributed by atoms with Crippen LogP contribution < -0.4 is 5.32 Å². The smallest absolute Gasteiger partial charge is 0.243 e. The summed E-state index contributed by atoms with van der Waals surface area (Å²) in [6, 6.07) is 8.20. The van der Waals surface area contributed by atoms with Crippen LogP contribution in [0, 0.1) is 0 Å². The average Bonchev–Trinajstić information content (AvgIpc) is 2.45. The molecule has 0 bridgehead atoms. The predicted octanol–water partition coefficient (Wildman–Crippen LogP) is 1.61. The highest BCUT2D eigenvalue weighted by atomic mass is 32.2. The molecular formula is C14H22N2O3S. The normalized spacial score (nSPS) is 13.2. The van der Waals surface area contributed by atoms with E-state index >= 15 is 0 Å². The molecule has 0 unspecified atom stereocenters. The summed E-state index contributed by atoms with van der Waals surface area (Å²) in [6.45, 7) is 5.67. The molecule has 112 valence electrons. The van der Waals surface area contributed by atoms with Crippen molar-refractivity contribution < 1.29 is 13.2 Å². The van der Waals surface area contributed by atoms with Gasteiger partial charge < -0.3 is 5.32 Å². The number of nitrogens with zero attached hydrogens (tertiary/aromatic N) is 1. The predicted molar refractivity (Wildman–Crippen MR) is 78.8 cm³/mol. The summed E-state index contributed by atoms with van der Waals surface area (Å²) < 4.78 is 26.0. The second-order valence-electron chi connectivity index (χ2n) is 4.62. The fourth-order valence-corrected chi connectivity index (χ4v) is 3.12. The number of carbonyl (C=O) groups excluding carboxylic acids is 1. The summed E-state index contributed by atoms with van der Waals surface area (Å²) in [5.41, 5.74) is 0. The van der Waals surface area contributed by atoms with E-state index < -0.39 is 10.0 Å². The minimum Gasteiger partial charge on any atom is -0.353 e. The first-order valence-electron chi connectivity index (χ1n) is 6.76. The van der Waals surface area contributed by atoms with Crippen LogP contribution in [0.1, 0.15) is 27.2 Å². The molecular weight excluding hydrogens is 276 g/mol. The summed E-state index contributed by atoms with van der Waals surface area (Å²) in [4.78, 5) is 12.0. The van der Waals surface area contributed by atoms with E-state index in [1.165, 1.54) is 16.4 Å². The minimum absolute atomic E-state index is 0.0423. The fraction of sp³-hybridized carbons (Fsp3) is 0.500. The highest BCUT2D eigenvalue weighted by Gasteiger charge is 2.25. The number of rotatable bonds is 7. The number of likely N-dealkylation sites (N-methyl/N-ethyl adjacent to an activating group) is 1. The maximum atomic E-state index is 12.4. The quantitative estimate of drug-likeness (QED) is 0.831. The van der Waals surface area contributed by atoms with Crippen LogP contribution in [-0.2, 0) is 14.8 Å². The third kappa shape index (κ3) is 4.31. The largest absolute Gasteiger partial charge is 0.353 e. The number of nitrogens with one attached hydrogen (secondary N) is 1. The van der Waals surface area contributed by atoms with Crippen LogP contribution in [0.5, 0.6) is 0 Å². The SMILES string of the molecule is CC[C@@H](C)NC(=O)CN(CC)S(=O)(=O)c1ccccc1. The highest BCUT2D eigenvalue weighted by Crippen LogP contribution is 2.14. The van der Waals surface area contributed by atoms with Gasteiger partial charge in [0.15, 0.2) is 0 Å². The number of hydrogen-bond donors (Lipinski definition) is 1. The maximum Gasteiger partial charge on any atom is 0.243 e. The van der Waals surface area contributed by atoms with Crippen molar-refractivity contribution >= 4 is 15.9 Å². The van der Waals surface area contributed by atoms with Gasteiger partial charge in [-0.25, -0.2) is 8.42 Å². The molecule has 0 aromatic heterocycles. The molecule has 20 heavy (non-hydrogen) atoms. The summed E-state index contributed by atoms with van der Waals surface area (Å²) in [5, 5.41) is 2.77. The van der Waals surface area contributed by atoms with Gasteiger partial charge >= 0.3 is 0 Å². The van der Waals surface area contributed by atoms with Gasteiger partial charge in [-0.15, -0.1) is 0 Å². The van der Waals surface area contributed by atoms with Gasteiger partial charge in [-0.3, -0.25) is 4.79 Å². The third-order valence-electron chi connectivity index (χ3n) is 3.07. The molecule has 0 saturated carbocycles. The molecule has 1 amide bonds. The van der Waals surface area contributed by atoms with Gasteiger partial charge in [0.2, 0.25) is 15.9 Å². The van der Waals surface area contributed by atoms with E-state index in [9.17, 15) is 13.2 Å². The molecule has 6 heteroatoms. The second kappa shape index (κ2) is 7.40. The minimum atomic E-state index is -3.62. The molecule has 1 N–H and O–H groups in total. The highest BCUT2D eigenvalue weighted by molar-refractivity contribution is 7.89. The van der Waals surface area contributed by atoms with Gasteiger partial charge in [0.1, 0.15) is 0 Å². The Bertz CT molecular complexity index is 529. The van der Waals surface area contributed by atoms with Crippen LogP contribution in [0.15, 0.2) is 35.2 Å². The van der Waals surface area contributed by atoms with Gasteiger partial charge in [-0.1, -0.05) is 32.0 Å². The molecule has 0 aliphatic carbocycles. The van der Waals surface area contributed by atoms with Gasteiger partial charge in [0, 0.05) is 12.6 Å². The van der Waals surface area contributed by atoms with Crippen molar-refractivity contribution in [2.75, 3.05) is 13.1 Å². The number of sulfonamides is 1. The molecule has 0 aliphatic rings. The number of amides is 1. The van der Waals surface area contributed by atoms with E-state index in [4.69, 9.17) is 0 Å². The van der Waals surface area contributed by atoms with Crippen molar-refractivity contribution in [3.8, 4) is 0 Å². The van der Waals surface area contributed by atoms with E-state index in [1.54, 1.807) is 25.1 Å². The van der Waals surface area contributed by atoms with Gasteiger partial charge in [-0.05, 0) is 25.5 Å². The Morgan fingerprint density at radius 1 is 1.25 bits per heavy atom. The molecule has 0 radical (unpaired) electrons. The standard InChI is InChI=1S/C14H22N2O3S/c1-4-12(3)15-14(17)11-16(5-2)20(18,19)13-9-7-6-8-10-13/h6-10,12H,4-5,11H2,1-3H3,(H,15,17)/t12-/m1/s1. The lowest BCUT2D eigenvalue weighted by molar-refractivity contribution is -0.121. The molecule has 0 saturated heterocycles. The number of benzene rings is 1. The monoisotopic (exact) mass is 298 g/mol. The van der Waals surface area contributed by atoms with Crippen molar-refractivity contribution in [1.29, 1.82) is 0 Å².